The minimum Gasteiger partial charge on any atom is -0.481 e. The number of nitrogens with zero attached hydrogens (tertiary/aromatic N) is 2. The van der Waals surface area contributed by atoms with Gasteiger partial charge in [-0.15, -0.1) is 11.8 Å². The van der Waals surface area contributed by atoms with Crippen molar-refractivity contribution in [2.45, 2.75) is 67.7 Å². The van der Waals surface area contributed by atoms with Crippen LogP contribution in [-0.2, 0) is 9.53 Å². The van der Waals surface area contributed by atoms with Gasteiger partial charge in [0, 0.05) is 25.8 Å². The van der Waals surface area contributed by atoms with Crippen LogP contribution in [0, 0.1) is 5.92 Å². The van der Waals surface area contributed by atoms with Crippen molar-refractivity contribution in [2.24, 2.45) is 5.92 Å². The Kier molecular flexibility index (Phi) is 7.99. The maximum atomic E-state index is 13.1. The Morgan fingerprint density at radius 3 is 2.57 bits per heavy atom. The molecule has 0 saturated heterocycles. The number of methoxy groups -OCH3 is 1. The number of rotatable bonds is 8. The number of thioether (sulfide) groups is 1. The van der Waals surface area contributed by atoms with Crippen LogP contribution in [0.3, 0.4) is 0 Å². The van der Waals surface area contributed by atoms with Crippen LogP contribution < -0.4 is 5.32 Å². The van der Waals surface area contributed by atoms with Crippen molar-refractivity contribution < 1.29 is 19.4 Å². The molecule has 2 fully saturated rings. The molecule has 1 aromatic rings. The summed E-state index contributed by atoms with van der Waals surface area (Å²) in [6.45, 7) is 0.804. The van der Waals surface area contributed by atoms with E-state index in [1.165, 1.54) is 35.9 Å². The molecule has 2 amide bonds. The van der Waals surface area contributed by atoms with Gasteiger partial charge in [0.2, 0.25) is 0 Å². The zero-order valence-electron chi connectivity index (χ0n) is 16.3. The van der Waals surface area contributed by atoms with Gasteiger partial charge < -0.3 is 14.7 Å². The number of nitrogens with one attached hydrogen (secondary N) is 1. The van der Waals surface area contributed by atoms with E-state index >= 15 is 0 Å². The summed E-state index contributed by atoms with van der Waals surface area (Å²) in [5, 5.41) is 12.3. The van der Waals surface area contributed by atoms with Gasteiger partial charge in [-0.3, -0.25) is 10.1 Å². The number of aromatic nitrogens is 1. The number of hydrogen-bond donors (Lipinski definition) is 2. The van der Waals surface area contributed by atoms with E-state index in [9.17, 15) is 9.59 Å². The van der Waals surface area contributed by atoms with Crippen molar-refractivity contribution >= 4 is 40.2 Å². The van der Waals surface area contributed by atoms with E-state index < -0.39 is 5.97 Å². The summed E-state index contributed by atoms with van der Waals surface area (Å²) in [6, 6.07) is 0.521. The molecule has 0 atom stereocenters. The lowest BCUT2D eigenvalue weighted by Gasteiger charge is -2.40. The Bertz CT molecular complexity index is 655. The summed E-state index contributed by atoms with van der Waals surface area (Å²) < 4.78 is 6.10. The molecule has 7 nitrogen and oxygen atoms in total. The van der Waals surface area contributed by atoms with Crippen molar-refractivity contribution in [3.8, 4) is 0 Å². The van der Waals surface area contributed by atoms with Crippen molar-refractivity contribution in [3.63, 3.8) is 0 Å². The number of hydrogen-bond acceptors (Lipinski definition) is 6. The molecule has 2 saturated carbocycles. The van der Waals surface area contributed by atoms with Crippen molar-refractivity contribution in [2.75, 3.05) is 24.8 Å². The topological polar surface area (TPSA) is 91.8 Å². The third-order valence-electron chi connectivity index (χ3n) is 5.60. The fraction of sp³-hybridized carbons (Fsp3) is 0.737. The van der Waals surface area contributed by atoms with E-state index in [4.69, 9.17) is 9.84 Å². The second-order valence-corrected chi connectivity index (χ2v) is 9.88. The second-order valence-electron chi connectivity index (χ2n) is 7.57. The third kappa shape index (κ3) is 5.84. The molecule has 0 bridgehead atoms. The minimum atomic E-state index is -0.861. The first-order valence-electron chi connectivity index (χ1n) is 9.95. The second kappa shape index (κ2) is 10.5. The predicted molar refractivity (Wildman–Crippen MR) is 111 cm³/mol. The molecule has 156 valence electrons. The molecule has 0 aliphatic heterocycles. The summed E-state index contributed by atoms with van der Waals surface area (Å²) in [5.41, 5.74) is 0. The van der Waals surface area contributed by atoms with Crippen LogP contribution >= 0.6 is 23.1 Å². The zero-order chi connectivity index (χ0) is 19.9. The largest absolute Gasteiger partial charge is 0.481 e. The monoisotopic (exact) mass is 427 g/mol. The fourth-order valence-electron chi connectivity index (χ4n) is 4.31. The van der Waals surface area contributed by atoms with E-state index in [0.29, 0.717) is 17.1 Å². The van der Waals surface area contributed by atoms with Gasteiger partial charge in [-0.05, 0) is 44.4 Å². The number of urea groups is 1. The van der Waals surface area contributed by atoms with Gasteiger partial charge in [0.1, 0.15) is 0 Å². The van der Waals surface area contributed by atoms with Gasteiger partial charge in [0.15, 0.2) is 5.13 Å². The molecule has 9 heteroatoms. The summed E-state index contributed by atoms with van der Waals surface area (Å²) in [4.78, 5) is 30.2. The Balaban J connectivity index is 1.62. The Hall–Kier alpha value is -1.32. The molecule has 2 aliphatic carbocycles. The standard InChI is InChI=1S/C19H29N3O4S2/c1-26-11-13-6-8-15(9-7-13)22(14-4-2-3-5-14)19(25)21-18-20-10-17(28-18)27-12-16(23)24/h10,13-15H,2-9,11-12H2,1H3,(H,23,24)(H,20,21,25). The van der Waals surface area contributed by atoms with Gasteiger partial charge in [0.05, 0.1) is 16.2 Å². The van der Waals surface area contributed by atoms with E-state index in [2.05, 4.69) is 15.2 Å². The number of aliphatic carboxylic acids is 1. The highest BCUT2D eigenvalue weighted by Gasteiger charge is 2.35. The van der Waals surface area contributed by atoms with Crippen LogP contribution in [0.1, 0.15) is 51.4 Å². The maximum absolute atomic E-state index is 13.1. The highest BCUT2D eigenvalue weighted by molar-refractivity contribution is 8.01. The lowest BCUT2D eigenvalue weighted by Crippen LogP contribution is -2.49. The van der Waals surface area contributed by atoms with Gasteiger partial charge in [0.25, 0.3) is 0 Å². The molecule has 2 aliphatic rings. The quantitative estimate of drug-likeness (QED) is 0.601. The lowest BCUT2D eigenvalue weighted by atomic mass is 9.85. The Morgan fingerprint density at radius 2 is 1.93 bits per heavy atom. The van der Waals surface area contributed by atoms with E-state index in [1.54, 1.807) is 13.3 Å². The van der Waals surface area contributed by atoms with Crippen molar-refractivity contribution in [3.05, 3.63) is 6.20 Å². The van der Waals surface area contributed by atoms with Crippen LogP contribution in [0.2, 0.25) is 0 Å². The summed E-state index contributed by atoms with van der Waals surface area (Å²) in [6.07, 6.45) is 10.4. The number of amides is 2. The molecule has 0 aromatic carbocycles. The molecule has 2 N–H and O–H groups in total. The number of thiazole rings is 1. The van der Waals surface area contributed by atoms with E-state index in [0.717, 1.165) is 49.3 Å². The smallest absolute Gasteiger partial charge is 0.324 e. The highest BCUT2D eigenvalue weighted by Crippen LogP contribution is 2.34. The summed E-state index contributed by atoms with van der Waals surface area (Å²) in [7, 11) is 1.75. The molecule has 1 heterocycles. The first-order chi connectivity index (χ1) is 13.6. The molecular weight excluding hydrogens is 398 g/mol. The van der Waals surface area contributed by atoms with Crippen LogP contribution in [0.15, 0.2) is 10.4 Å². The molecule has 0 radical (unpaired) electrons. The van der Waals surface area contributed by atoms with Crippen LogP contribution in [0.25, 0.3) is 0 Å². The van der Waals surface area contributed by atoms with Crippen LogP contribution in [-0.4, -0.2) is 58.5 Å². The average Bonchev–Trinajstić information content (AvgIpc) is 3.34. The van der Waals surface area contributed by atoms with E-state index in [-0.39, 0.29) is 17.8 Å². The number of carbonyl (C=O) groups is 2. The fourth-order valence-corrected chi connectivity index (χ4v) is 5.89. The van der Waals surface area contributed by atoms with E-state index in [1.807, 2.05) is 0 Å². The first kappa shape index (κ1) is 21.4. The summed E-state index contributed by atoms with van der Waals surface area (Å²) in [5.74, 6) is -0.267. The Labute approximate surface area is 174 Å². The third-order valence-corrected chi connectivity index (χ3v) is 7.69. The first-order valence-corrected chi connectivity index (χ1v) is 11.8. The van der Waals surface area contributed by atoms with Gasteiger partial charge >= 0.3 is 12.0 Å². The van der Waals surface area contributed by atoms with Gasteiger partial charge in [-0.2, -0.15) is 0 Å². The number of carbonyl (C=O) groups excluding carboxylic acids is 1. The van der Waals surface area contributed by atoms with Crippen molar-refractivity contribution in [1.29, 1.82) is 0 Å². The number of ether oxygens (including phenoxy) is 1. The number of anilines is 1. The SMILES string of the molecule is COCC1CCC(N(C(=O)Nc2ncc(SCC(=O)O)s2)C2CCCC2)CC1. The zero-order valence-corrected chi connectivity index (χ0v) is 17.9. The average molecular weight is 428 g/mol. The molecule has 28 heavy (non-hydrogen) atoms. The summed E-state index contributed by atoms with van der Waals surface area (Å²) >= 11 is 2.55. The molecule has 3 rings (SSSR count). The number of carboxylic acids is 1. The van der Waals surface area contributed by atoms with Gasteiger partial charge in [-0.1, -0.05) is 24.2 Å². The predicted octanol–water partition coefficient (Wildman–Crippen LogP) is 4.30. The Morgan fingerprint density at radius 1 is 1.25 bits per heavy atom. The van der Waals surface area contributed by atoms with Crippen LogP contribution in [0.5, 0.6) is 0 Å². The molecular formula is C19H29N3O4S2. The normalized spacial score (nSPS) is 22.9. The lowest BCUT2D eigenvalue weighted by molar-refractivity contribution is -0.133. The highest BCUT2D eigenvalue weighted by atomic mass is 32.2. The number of carboxylic acid groups (broad SMARTS) is 1. The maximum Gasteiger partial charge on any atom is 0.324 e. The molecule has 0 unspecified atom stereocenters. The molecule has 1 aromatic heterocycles. The van der Waals surface area contributed by atoms with Crippen molar-refractivity contribution in [1.82, 2.24) is 9.88 Å². The minimum absolute atomic E-state index is 0.00546. The molecule has 0 spiro atoms. The van der Waals surface area contributed by atoms with Gasteiger partial charge in [-0.25, -0.2) is 9.78 Å². The van der Waals surface area contributed by atoms with Crippen LogP contribution in [0.4, 0.5) is 9.93 Å².